The third-order valence-electron chi connectivity index (χ3n) is 5.41. The smallest absolute Gasteiger partial charge is 0.266 e. The van der Waals surface area contributed by atoms with Crippen LogP contribution < -0.4 is 5.56 Å². The van der Waals surface area contributed by atoms with Gasteiger partial charge in [0.05, 0.1) is 17.0 Å². The number of Topliss-reactive ketones (excluding diaryl/α,β-unsaturated/α-hetero) is 1. The van der Waals surface area contributed by atoms with Crippen LogP contribution in [0.5, 0.6) is 5.88 Å². The van der Waals surface area contributed by atoms with Gasteiger partial charge in [-0.2, -0.15) is 4.98 Å². The third-order valence-corrected chi connectivity index (χ3v) is 6.35. The lowest BCUT2D eigenvalue weighted by atomic mass is 10.1. The quantitative estimate of drug-likeness (QED) is 0.237. The SMILES string of the molecule is Cc1ccc(Cc2c(O)nc(SCC(=O)c3ccccc3)n(-c3ccccc3C)c2=O)cc1. The van der Waals surface area contributed by atoms with Crippen molar-refractivity contribution in [2.45, 2.75) is 25.4 Å². The first-order chi connectivity index (χ1) is 15.9. The van der Waals surface area contributed by atoms with Crippen molar-refractivity contribution < 1.29 is 9.90 Å². The van der Waals surface area contributed by atoms with Gasteiger partial charge in [0.25, 0.3) is 5.56 Å². The lowest BCUT2D eigenvalue weighted by Crippen LogP contribution is -2.26. The summed E-state index contributed by atoms with van der Waals surface area (Å²) in [7, 11) is 0. The number of aryl methyl sites for hydroxylation is 2. The van der Waals surface area contributed by atoms with Gasteiger partial charge in [-0.3, -0.25) is 14.2 Å². The summed E-state index contributed by atoms with van der Waals surface area (Å²) in [6, 6.07) is 24.3. The van der Waals surface area contributed by atoms with Gasteiger partial charge >= 0.3 is 0 Å². The Labute approximate surface area is 196 Å². The second-order valence-corrected chi connectivity index (χ2v) is 8.81. The van der Waals surface area contributed by atoms with Gasteiger partial charge in [-0.15, -0.1) is 0 Å². The number of hydrogen-bond acceptors (Lipinski definition) is 5. The van der Waals surface area contributed by atoms with Gasteiger partial charge in [0.2, 0.25) is 5.88 Å². The number of para-hydroxylation sites is 1. The molecule has 4 aromatic rings. The molecule has 4 rings (SSSR count). The van der Waals surface area contributed by atoms with E-state index in [4.69, 9.17) is 0 Å². The lowest BCUT2D eigenvalue weighted by molar-refractivity contribution is 0.102. The standard InChI is InChI=1S/C27H24N2O3S/c1-18-12-14-20(15-13-18)16-22-25(31)28-27(33-17-24(30)21-9-4-3-5-10-21)29(26(22)32)23-11-7-6-8-19(23)2/h3-15,31H,16-17H2,1-2H3. The van der Waals surface area contributed by atoms with Gasteiger partial charge in [-0.25, -0.2) is 0 Å². The molecule has 0 saturated heterocycles. The predicted molar refractivity (Wildman–Crippen MR) is 132 cm³/mol. The second kappa shape index (κ2) is 9.88. The van der Waals surface area contributed by atoms with Gasteiger partial charge in [0, 0.05) is 12.0 Å². The molecule has 0 aliphatic rings. The number of aromatic hydroxyl groups is 1. The molecule has 1 aromatic heterocycles. The molecule has 0 spiro atoms. The van der Waals surface area contributed by atoms with Crippen LogP contribution in [-0.4, -0.2) is 26.2 Å². The monoisotopic (exact) mass is 456 g/mol. The van der Waals surface area contributed by atoms with Crippen molar-refractivity contribution >= 4 is 17.5 Å². The number of aromatic nitrogens is 2. The zero-order valence-electron chi connectivity index (χ0n) is 18.5. The van der Waals surface area contributed by atoms with E-state index in [-0.39, 0.29) is 40.1 Å². The number of hydrogen-bond donors (Lipinski definition) is 1. The molecule has 3 aromatic carbocycles. The lowest BCUT2D eigenvalue weighted by Gasteiger charge is -2.16. The first-order valence-corrected chi connectivity index (χ1v) is 11.6. The Morgan fingerprint density at radius 1 is 0.939 bits per heavy atom. The van der Waals surface area contributed by atoms with E-state index < -0.39 is 0 Å². The minimum atomic E-state index is -0.341. The number of carbonyl (C=O) groups excluding carboxylic acids is 1. The first-order valence-electron chi connectivity index (χ1n) is 10.6. The maximum absolute atomic E-state index is 13.6. The molecule has 1 heterocycles. The van der Waals surface area contributed by atoms with Crippen LogP contribution in [-0.2, 0) is 6.42 Å². The highest BCUT2D eigenvalue weighted by molar-refractivity contribution is 7.99. The molecule has 5 nitrogen and oxygen atoms in total. The molecule has 0 amide bonds. The molecular weight excluding hydrogens is 432 g/mol. The molecule has 0 atom stereocenters. The molecule has 0 aliphatic carbocycles. The molecule has 166 valence electrons. The van der Waals surface area contributed by atoms with Crippen molar-refractivity contribution in [2.75, 3.05) is 5.75 Å². The highest BCUT2D eigenvalue weighted by atomic mass is 32.2. The Morgan fingerprint density at radius 3 is 2.30 bits per heavy atom. The summed E-state index contributed by atoms with van der Waals surface area (Å²) in [4.78, 5) is 30.6. The molecule has 0 unspecified atom stereocenters. The number of thioether (sulfide) groups is 1. The van der Waals surface area contributed by atoms with Crippen molar-refractivity contribution in [3.8, 4) is 11.6 Å². The summed E-state index contributed by atoms with van der Waals surface area (Å²) >= 11 is 1.14. The van der Waals surface area contributed by atoms with Crippen molar-refractivity contribution in [2.24, 2.45) is 0 Å². The molecule has 0 bridgehead atoms. The minimum Gasteiger partial charge on any atom is -0.493 e. The van der Waals surface area contributed by atoms with Crippen LogP contribution >= 0.6 is 11.8 Å². The molecule has 0 radical (unpaired) electrons. The summed E-state index contributed by atoms with van der Waals surface area (Å²) in [6.45, 7) is 3.91. The number of benzene rings is 3. The Morgan fingerprint density at radius 2 is 1.61 bits per heavy atom. The van der Waals surface area contributed by atoms with Gasteiger partial charge in [0.15, 0.2) is 10.9 Å². The van der Waals surface area contributed by atoms with Crippen LogP contribution in [0.4, 0.5) is 0 Å². The van der Waals surface area contributed by atoms with Gasteiger partial charge in [-0.05, 0) is 31.0 Å². The highest BCUT2D eigenvalue weighted by Gasteiger charge is 2.20. The molecule has 0 saturated carbocycles. The number of rotatable bonds is 7. The van der Waals surface area contributed by atoms with Crippen molar-refractivity contribution in [3.05, 3.63) is 117 Å². The van der Waals surface area contributed by atoms with Crippen molar-refractivity contribution in [1.82, 2.24) is 9.55 Å². The molecule has 33 heavy (non-hydrogen) atoms. The Bertz CT molecular complexity index is 1350. The summed E-state index contributed by atoms with van der Waals surface area (Å²) < 4.78 is 1.50. The highest BCUT2D eigenvalue weighted by Crippen LogP contribution is 2.26. The van der Waals surface area contributed by atoms with E-state index in [1.54, 1.807) is 12.1 Å². The van der Waals surface area contributed by atoms with E-state index in [1.807, 2.05) is 80.6 Å². The fourth-order valence-electron chi connectivity index (χ4n) is 3.55. The summed E-state index contributed by atoms with van der Waals surface area (Å²) in [6.07, 6.45) is 0.262. The minimum absolute atomic E-state index is 0.0746. The molecular formula is C27H24N2O3S. The zero-order chi connectivity index (χ0) is 23.4. The Balaban J connectivity index is 1.76. The first kappa shape index (κ1) is 22.6. The second-order valence-electron chi connectivity index (χ2n) is 7.86. The van der Waals surface area contributed by atoms with Crippen LogP contribution in [0.2, 0.25) is 0 Å². The van der Waals surface area contributed by atoms with E-state index in [0.717, 1.165) is 28.5 Å². The molecule has 1 N–H and O–H groups in total. The van der Waals surface area contributed by atoms with E-state index >= 15 is 0 Å². The fraction of sp³-hybridized carbons (Fsp3) is 0.148. The molecule has 6 heteroatoms. The van der Waals surface area contributed by atoms with E-state index in [2.05, 4.69) is 4.98 Å². The average molecular weight is 457 g/mol. The van der Waals surface area contributed by atoms with Crippen LogP contribution in [0.25, 0.3) is 5.69 Å². The normalized spacial score (nSPS) is 10.8. The van der Waals surface area contributed by atoms with E-state index in [9.17, 15) is 14.7 Å². The summed E-state index contributed by atoms with van der Waals surface area (Å²) in [5.74, 6) is -0.284. The van der Waals surface area contributed by atoms with Crippen LogP contribution in [0.15, 0.2) is 88.8 Å². The van der Waals surface area contributed by atoms with Gasteiger partial charge < -0.3 is 5.11 Å². The molecule has 0 fully saturated rings. The van der Waals surface area contributed by atoms with Crippen molar-refractivity contribution in [1.29, 1.82) is 0 Å². The molecule has 0 aliphatic heterocycles. The number of nitrogens with zero attached hydrogens (tertiary/aromatic N) is 2. The fourth-order valence-corrected chi connectivity index (χ4v) is 4.44. The maximum Gasteiger partial charge on any atom is 0.266 e. The Hall–Kier alpha value is -3.64. The van der Waals surface area contributed by atoms with Gasteiger partial charge in [0.1, 0.15) is 0 Å². The number of ketones is 1. The summed E-state index contributed by atoms with van der Waals surface area (Å²) in [5.41, 5.74) is 4.07. The van der Waals surface area contributed by atoms with E-state index in [1.165, 1.54) is 4.57 Å². The van der Waals surface area contributed by atoms with Crippen LogP contribution in [0.1, 0.15) is 32.6 Å². The zero-order valence-corrected chi connectivity index (χ0v) is 19.3. The summed E-state index contributed by atoms with van der Waals surface area (Å²) in [5, 5.41) is 11.0. The van der Waals surface area contributed by atoms with Gasteiger partial charge in [-0.1, -0.05) is 90.1 Å². The van der Waals surface area contributed by atoms with Crippen LogP contribution in [0, 0.1) is 13.8 Å². The predicted octanol–water partition coefficient (Wildman–Crippen LogP) is 5.12. The Kier molecular flexibility index (Phi) is 6.75. The van der Waals surface area contributed by atoms with Crippen molar-refractivity contribution in [3.63, 3.8) is 0 Å². The topological polar surface area (TPSA) is 72.2 Å². The largest absolute Gasteiger partial charge is 0.493 e. The average Bonchev–Trinajstić information content (AvgIpc) is 2.82. The van der Waals surface area contributed by atoms with Crippen LogP contribution in [0.3, 0.4) is 0 Å². The third kappa shape index (κ3) is 5.07. The maximum atomic E-state index is 13.6. The van der Waals surface area contributed by atoms with E-state index in [0.29, 0.717) is 11.3 Å². The number of carbonyl (C=O) groups is 1.